The number of nitrogens with one attached hydrogen (secondary N) is 1. The Hall–Kier alpha value is -3.48. The van der Waals surface area contributed by atoms with E-state index in [-0.39, 0.29) is 5.69 Å². The van der Waals surface area contributed by atoms with Gasteiger partial charge < -0.3 is 14.5 Å². The first-order chi connectivity index (χ1) is 14.2. The van der Waals surface area contributed by atoms with E-state index < -0.39 is 23.8 Å². The molecule has 0 saturated carbocycles. The van der Waals surface area contributed by atoms with Crippen molar-refractivity contribution in [2.75, 3.05) is 7.11 Å². The zero-order valence-electron chi connectivity index (χ0n) is 17.9. The molecule has 1 N–H and O–H groups in total. The highest BCUT2D eigenvalue weighted by atomic mass is 16.5. The maximum atomic E-state index is 12.9. The van der Waals surface area contributed by atoms with Gasteiger partial charge in [-0.05, 0) is 51.8 Å². The lowest BCUT2D eigenvalue weighted by molar-refractivity contribution is 0.0315. The highest BCUT2D eigenvalue weighted by molar-refractivity contribution is 6.05. The number of para-hydroxylation sites is 1. The number of carbonyl (C=O) groups is 3. The third kappa shape index (κ3) is 3.58. The number of hydrogen-bond acceptors (Lipinski definition) is 6. The fourth-order valence-electron chi connectivity index (χ4n) is 3.71. The quantitative estimate of drug-likeness (QED) is 0.506. The van der Waals surface area contributed by atoms with E-state index in [2.05, 4.69) is 9.97 Å². The molecule has 1 aromatic carbocycles. The summed E-state index contributed by atoms with van der Waals surface area (Å²) in [5.41, 5.74) is 3.95. The van der Waals surface area contributed by atoms with Gasteiger partial charge in [0.05, 0.1) is 35.1 Å². The summed E-state index contributed by atoms with van der Waals surface area (Å²) in [7, 11) is 1.28. The monoisotopic (exact) mass is 408 g/mol. The number of Topliss-reactive ketones (excluding diaryl/α,β-unsaturated/α-hetero) is 1. The first-order valence-electron chi connectivity index (χ1n) is 9.56. The van der Waals surface area contributed by atoms with Crippen LogP contribution in [-0.4, -0.2) is 40.9 Å². The van der Waals surface area contributed by atoms with Gasteiger partial charge in [0, 0.05) is 11.1 Å². The van der Waals surface area contributed by atoms with E-state index in [1.807, 2.05) is 31.2 Å². The van der Waals surface area contributed by atoms with Gasteiger partial charge in [-0.1, -0.05) is 18.2 Å². The molecule has 1 atom stereocenters. The first kappa shape index (κ1) is 21.2. The summed E-state index contributed by atoms with van der Waals surface area (Å²) in [5.74, 6) is -1.57. The molecule has 0 fully saturated rings. The maximum Gasteiger partial charge on any atom is 0.340 e. The number of benzene rings is 1. The van der Waals surface area contributed by atoms with E-state index >= 15 is 0 Å². The third-order valence-corrected chi connectivity index (χ3v) is 5.26. The molecule has 3 aromatic rings. The third-order valence-electron chi connectivity index (χ3n) is 5.26. The van der Waals surface area contributed by atoms with Crippen molar-refractivity contribution in [1.82, 2.24) is 9.97 Å². The Bertz CT molecular complexity index is 1180. The van der Waals surface area contributed by atoms with Crippen molar-refractivity contribution in [2.45, 2.75) is 40.7 Å². The fourth-order valence-corrected chi connectivity index (χ4v) is 3.71. The van der Waals surface area contributed by atoms with Gasteiger partial charge in [0.25, 0.3) is 0 Å². The molecular weight excluding hydrogens is 384 g/mol. The van der Waals surface area contributed by atoms with Crippen LogP contribution in [0.4, 0.5) is 0 Å². The van der Waals surface area contributed by atoms with E-state index in [9.17, 15) is 14.4 Å². The van der Waals surface area contributed by atoms with Crippen molar-refractivity contribution >= 4 is 28.6 Å². The van der Waals surface area contributed by atoms with Crippen LogP contribution in [0.1, 0.15) is 60.6 Å². The van der Waals surface area contributed by atoms with Gasteiger partial charge in [-0.15, -0.1) is 0 Å². The smallest absolute Gasteiger partial charge is 0.340 e. The largest absolute Gasteiger partial charge is 0.465 e. The number of esters is 2. The fraction of sp³-hybridized carbons (Fsp3) is 0.304. The van der Waals surface area contributed by atoms with Crippen LogP contribution in [0.15, 0.2) is 24.3 Å². The SMILES string of the molecule is COC(=O)c1c(C)[nH]c(C(=O)[C@@H](C)OC(=O)c2c(C)nc3ccccc3c2C)c1C. The molecular formula is C23H24N2O5. The van der Waals surface area contributed by atoms with Gasteiger partial charge in [0.1, 0.15) is 0 Å². The Labute approximate surface area is 174 Å². The summed E-state index contributed by atoms with van der Waals surface area (Å²) < 4.78 is 10.3. The van der Waals surface area contributed by atoms with Gasteiger partial charge in [0.2, 0.25) is 5.78 Å². The van der Waals surface area contributed by atoms with E-state index in [4.69, 9.17) is 9.47 Å². The van der Waals surface area contributed by atoms with E-state index in [0.29, 0.717) is 28.1 Å². The molecule has 0 bridgehead atoms. The second kappa shape index (κ2) is 8.10. The molecule has 7 nitrogen and oxygen atoms in total. The van der Waals surface area contributed by atoms with E-state index in [1.54, 1.807) is 20.8 Å². The number of H-pyrrole nitrogens is 1. The number of nitrogens with zero attached hydrogens (tertiary/aromatic N) is 1. The first-order valence-corrected chi connectivity index (χ1v) is 9.56. The lowest BCUT2D eigenvalue weighted by Gasteiger charge is -2.15. The summed E-state index contributed by atoms with van der Waals surface area (Å²) >= 11 is 0. The maximum absolute atomic E-state index is 12.9. The van der Waals surface area contributed by atoms with Crippen molar-refractivity contribution < 1.29 is 23.9 Å². The second-order valence-corrected chi connectivity index (χ2v) is 7.24. The number of aromatic nitrogens is 2. The normalized spacial score (nSPS) is 11.9. The number of ketones is 1. The molecule has 0 spiro atoms. The molecule has 0 aliphatic rings. The summed E-state index contributed by atoms with van der Waals surface area (Å²) in [6.45, 7) is 8.41. The topological polar surface area (TPSA) is 98.4 Å². The van der Waals surface area contributed by atoms with Crippen molar-refractivity contribution in [3.05, 3.63) is 63.6 Å². The van der Waals surface area contributed by atoms with Crippen LogP contribution in [0.2, 0.25) is 0 Å². The predicted octanol–water partition coefficient (Wildman–Crippen LogP) is 4.01. The molecule has 0 amide bonds. The average molecular weight is 408 g/mol. The minimum Gasteiger partial charge on any atom is -0.465 e. The number of methoxy groups -OCH3 is 1. The summed E-state index contributed by atoms with van der Waals surface area (Å²) in [6, 6.07) is 7.53. The summed E-state index contributed by atoms with van der Waals surface area (Å²) in [5, 5.41) is 0.854. The molecule has 30 heavy (non-hydrogen) atoms. The number of aryl methyl sites for hydroxylation is 3. The average Bonchev–Trinajstić information content (AvgIpc) is 3.00. The van der Waals surface area contributed by atoms with Crippen molar-refractivity contribution in [3.8, 4) is 0 Å². The van der Waals surface area contributed by atoms with Gasteiger partial charge in [-0.2, -0.15) is 0 Å². The van der Waals surface area contributed by atoms with Crippen LogP contribution in [0.5, 0.6) is 0 Å². The number of pyridine rings is 1. The number of hydrogen-bond donors (Lipinski definition) is 1. The van der Waals surface area contributed by atoms with Crippen LogP contribution >= 0.6 is 0 Å². The Morgan fingerprint density at radius 3 is 2.30 bits per heavy atom. The summed E-state index contributed by atoms with van der Waals surface area (Å²) in [6.07, 6.45) is -1.05. The number of rotatable bonds is 5. The van der Waals surface area contributed by atoms with Gasteiger partial charge >= 0.3 is 11.9 Å². The van der Waals surface area contributed by atoms with E-state index in [0.717, 1.165) is 16.5 Å². The lowest BCUT2D eigenvalue weighted by atomic mass is 10.0. The number of carbonyl (C=O) groups excluding carboxylic acids is 3. The minimum atomic E-state index is -1.05. The Kier molecular flexibility index (Phi) is 5.73. The highest BCUT2D eigenvalue weighted by Crippen LogP contribution is 2.25. The Morgan fingerprint density at radius 1 is 0.967 bits per heavy atom. The Balaban J connectivity index is 1.89. The van der Waals surface area contributed by atoms with Crippen molar-refractivity contribution in [2.24, 2.45) is 0 Å². The molecule has 0 aliphatic carbocycles. The van der Waals surface area contributed by atoms with Crippen LogP contribution in [0.3, 0.4) is 0 Å². The molecule has 2 aromatic heterocycles. The van der Waals surface area contributed by atoms with E-state index in [1.165, 1.54) is 14.0 Å². The zero-order valence-corrected chi connectivity index (χ0v) is 17.9. The molecule has 0 unspecified atom stereocenters. The standard InChI is InChI=1S/C23H24N2O5/c1-11-16-9-7-8-10-17(16)24-13(3)18(11)23(28)30-15(5)21(26)20-12(2)19(14(4)25-20)22(27)29-6/h7-10,15,25H,1-6H3/t15-/m1/s1. The van der Waals surface area contributed by atoms with Gasteiger partial charge in [-0.3, -0.25) is 9.78 Å². The molecule has 0 aliphatic heterocycles. The van der Waals surface area contributed by atoms with Crippen molar-refractivity contribution in [3.63, 3.8) is 0 Å². The van der Waals surface area contributed by atoms with Crippen LogP contribution in [-0.2, 0) is 9.47 Å². The van der Waals surface area contributed by atoms with Crippen LogP contribution < -0.4 is 0 Å². The lowest BCUT2D eigenvalue weighted by Crippen LogP contribution is -2.26. The molecule has 0 radical (unpaired) electrons. The molecule has 2 heterocycles. The molecule has 156 valence electrons. The number of fused-ring (bicyclic) bond motifs is 1. The minimum absolute atomic E-state index is 0.221. The van der Waals surface area contributed by atoms with Gasteiger partial charge in [-0.25, -0.2) is 9.59 Å². The molecule has 3 rings (SSSR count). The number of ether oxygens (including phenoxy) is 2. The predicted molar refractivity (Wildman–Crippen MR) is 112 cm³/mol. The van der Waals surface area contributed by atoms with Crippen molar-refractivity contribution in [1.29, 1.82) is 0 Å². The number of aromatic amines is 1. The molecule has 7 heteroatoms. The second-order valence-electron chi connectivity index (χ2n) is 7.24. The van der Waals surface area contributed by atoms with Crippen LogP contribution in [0.25, 0.3) is 10.9 Å². The summed E-state index contributed by atoms with van der Waals surface area (Å²) in [4.78, 5) is 45.2. The highest BCUT2D eigenvalue weighted by Gasteiger charge is 2.28. The van der Waals surface area contributed by atoms with Gasteiger partial charge in [0.15, 0.2) is 6.10 Å². The Morgan fingerprint density at radius 2 is 1.63 bits per heavy atom. The zero-order chi connectivity index (χ0) is 22.2. The van der Waals surface area contributed by atoms with Crippen LogP contribution in [0, 0.1) is 27.7 Å². The molecule has 0 saturated heterocycles.